The first-order valence-electron chi connectivity index (χ1n) is 8.55. The van der Waals surface area contributed by atoms with Gasteiger partial charge in [0.15, 0.2) is 5.78 Å². The third-order valence-electron chi connectivity index (χ3n) is 6.38. The normalized spacial score (nSPS) is 34.6. The molecule has 2 bridgehead atoms. The summed E-state index contributed by atoms with van der Waals surface area (Å²) in [5, 5.41) is 0. The molecule has 1 fully saturated rings. The lowest BCUT2D eigenvalue weighted by atomic mass is 9.51. The Labute approximate surface area is 146 Å². The second kappa shape index (κ2) is 5.43. The number of hydrogen-bond donors (Lipinski definition) is 0. The zero-order valence-corrected chi connectivity index (χ0v) is 14.7. The predicted molar refractivity (Wildman–Crippen MR) is 90.7 cm³/mol. The number of rotatable bonds is 4. The summed E-state index contributed by atoms with van der Waals surface area (Å²) in [5.41, 5.74) is 0.679. The van der Waals surface area contributed by atoms with Gasteiger partial charge in [0.1, 0.15) is 5.75 Å². The van der Waals surface area contributed by atoms with Gasteiger partial charge in [-0.2, -0.15) is 0 Å². The van der Waals surface area contributed by atoms with E-state index in [-0.39, 0.29) is 30.0 Å². The van der Waals surface area contributed by atoms with Crippen molar-refractivity contribution in [2.75, 3.05) is 21.3 Å². The van der Waals surface area contributed by atoms with Crippen molar-refractivity contribution in [3.05, 3.63) is 41.5 Å². The van der Waals surface area contributed by atoms with Gasteiger partial charge in [-0.05, 0) is 36.6 Å². The molecule has 4 aliphatic carbocycles. The summed E-state index contributed by atoms with van der Waals surface area (Å²) in [6.07, 6.45) is 5.87. The van der Waals surface area contributed by atoms with E-state index in [0.717, 1.165) is 29.7 Å². The molecule has 4 aliphatic rings. The standard InChI is InChI=1S/C20H22O5/c1-23-12-4-5-13-14(10-12)16-17(18(13)22)20(25-3)8-6-19(16,7-9-20)11-15(21)24-2/h4-6,8,10,16-17H,7,9,11H2,1-3H3/t16-,17-,19+,20+/m1/s1. The van der Waals surface area contributed by atoms with Gasteiger partial charge < -0.3 is 14.2 Å². The van der Waals surface area contributed by atoms with Crippen molar-refractivity contribution in [3.8, 4) is 5.75 Å². The third kappa shape index (κ3) is 2.05. The minimum absolute atomic E-state index is 0.0945. The average Bonchev–Trinajstić information content (AvgIpc) is 2.97. The molecule has 1 aromatic carbocycles. The maximum atomic E-state index is 13.2. The van der Waals surface area contributed by atoms with Gasteiger partial charge in [-0.3, -0.25) is 9.59 Å². The highest BCUT2D eigenvalue weighted by atomic mass is 16.5. The molecule has 0 radical (unpaired) electrons. The second-order valence-corrected chi connectivity index (χ2v) is 7.25. The molecule has 4 atom stereocenters. The topological polar surface area (TPSA) is 61.8 Å². The number of carbonyl (C=O) groups is 2. The van der Waals surface area contributed by atoms with Crippen LogP contribution in [0.5, 0.6) is 5.75 Å². The minimum Gasteiger partial charge on any atom is -0.497 e. The largest absolute Gasteiger partial charge is 0.497 e. The van der Waals surface area contributed by atoms with Crippen LogP contribution in [0.1, 0.15) is 41.1 Å². The molecular formula is C20H22O5. The van der Waals surface area contributed by atoms with Gasteiger partial charge in [0.05, 0.1) is 32.2 Å². The molecule has 1 aromatic rings. The first kappa shape index (κ1) is 16.3. The molecule has 5 rings (SSSR count). The fraction of sp³-hybridized carbons (Fsp3) is 0.500. The number of benzene rings is 1. The number of hydrogen-bond acceptors (Lipinski definition) is 5. The number of fused-ring (bicyclic) bond motifs is 2. The van der Waals surface area contributed by atoms with Crippen LogP contribution in [0, 0.1) is 11.3 Å². The summed E-state index contributed by atoms with van der Waals surface area (Å²) in [5.74, 6) is 0.171. The van der Waals surface area contributed by atoms with E-state index in [1.165, 1.54) is 7.11 Å². The maximum absolute atomic E-state index is 13.2. The average molecular weight is 342 g/mol. The van der Waals surface area contributed by atoms with Crippen molar-refractivity contribution in [2.24, 2.45) is 11.3 Å². The Bertz CT molecular complexity index is 782. The van der Waals surface area contributed by atoms with Crippen molar-refractivity contribution >= 4 is 11.8 Å². The highest BCUT2D eigenvalue weighted by Gasteiger charge is 2.64. The highest BCUT2D eigenvalue weighted by Crippen LogP contribution is 2.65. The smallest absolute Gasteiger partial charge is 0.306 e. The van der Waals surface area contributed by atoms with Gasteiger partial charge in [0.25, 0.3) is 0 Å². The summed E-state index contributed by atoms with van der Waals surface area (Å²) >= 11 is 0. The number of ketones is 1. The fourth-order valence-corrected chi connectivity index (χ4v) is 5.11. The zero-order chi connectivity index (χ0) is 17.8. The second-order valence-electron chi connectivity index (χ2n) is 7.25. The molecule has 0 spiro atoms. The zero-order valence-electron chi connectivity index (χ0n) is 14.7. The van der Waals surface area contributed by atoms with Crippen LogP contribution >= 0.6 is 0 Å². The van der Waals surface area contributed by atoms with Crippen LogP contribution in [0.2, 0.25) is 0 Å². The first-order chi connectivity index (χ1) is 12.0. The van der Waals surface area contributed by atoms with E-state index < -0.39 is 11.0 Å². The van der Waals surface area contributed by atoms with Gasteiger partial charge in [0, 0.05) is 24.0 Å². The molecule has 0 N–H and O–H groups in total. The molecule has 0 aliphatic heterocycles. The molecule has 5 nitrogen and oxygen atoms in total. The van der Waals surface area contributed by atoms with E-state index in [1.54, 1.807) is 14.2 Å². The van der Waals surface area contributed by atoms with Gasteiger partial charge >= 0.3 is 5.97 Å². The summed E-state index contributed by atoms with van der Waals surface area (Å²) in [7, 11) is 4.68. The van der Waals surface area contributed by atoms with Crippen molar-refractivity contribution < 1.29 is 23.8 Å². The van der Waals surface area contributed by atoms with Gasteiger partial charge in [-0.15, -0.1) is 0 Å². The molecule has 5 heteroatoms. The quantitative estimate of drug-likeness (QED) is 0.622. The van der Waals surface area contributed by atoms with Crippen LogP contribution < -0.4 is 4.74 Å². The van der Waals surface area contributed by atoms with Gasteiger partial charge in [-0.25, -0.2) is 0 Å². The summed E-state index contributed by atoms with van der Waals surface area (Å²) in [4.78, 5) is 25.3. The van der Waals surface area contributed by atoms with Crippen molar-refractivity contribution in [2.45, 2.75) is 30.8 Å². The van der Waals surface area contributed by atoms with Crippen LogP contribution in [0.4, 0.5) is 0 Å². The van der Waals surface area contributed by atoms with E-state index in [1.807, 2.05) is 24.3 Å². The Balaban J connectivity index is 1.90. The van der Waals surface area contributed by atoms with Crippen LogP contribution in [-0.4, -0.2) is 38.7 Å². The number of ether oxygens (including phenoxy) is 3. The molecule has 1 saturated carbocycles. The molecular weight excluding hydrogens is 320 g/mol. The Morgan fingerprint density at radius 3 is 2.56 bits per heavy atom. The molecule has 0 heterocycles. The van der Waals surface area contributed by atoms with E-state index in [4.69, 9.17) is 14.2 Å². The van der Waals surface area contributed by atoms with Gasteiger partial charge in [0.2, 0.25) is 0 Å². The molecule has 0 aromatic heterocycles. The summed E-state index contributed by atoms with van der Waals surface area (Å²) < 4.78 is 16.2. The number of Topliss-reactive ketones (excluding diaryl/α,β-unsaturated/α-hetero) is 1. The SMILES string of the molecule is COC(=O)C[C@]12C=C[C@](OC)(CC1)[C@H]1C(=O)c3ccc(OC)cc3[C@H]12. The van der Waals surface area contributed by atoms with Crippen LogP contribution in [0.25, 0.3) is 0 Å². The Morgan fingerprint density at radius 1 is 1.16 bits per heavy atom. The number of allylic oxidation sites excluding steroid dienone is 1. The third-order valence-corrected chi connectivity index (χ3v) is 6.38. The molecule has 0 saturated heterocycles. The fourth-order valence-electron chi connectivity index (χ4n) is 5.11. The Morgan fingerprint density at radius 2 is 1.96 bits per heavy atom. The number of esters is 1. The van der Waals surface area contributed by atoms with Crippen molar-refractivity contribution in [1.82, 2.24) is 0 Å². The number of methoxy groups -OCH3 is 3. The first-order valence-corrected chi connectivity index (χ1v) is 8.55. The van der Waals surface area contributed by atoms with Crippen LogP contribution in [-0.2, 0) is 14.3 Å². The van der Waals surface area contributed by atoms with E-state index in [9.17, 15) is 9.59 Å². The number of carbonyl (C=O) groups excluding carboxylic acids is 2. The van der Waals surface area contributed by atoms with Crippen LogP contribution in [0.15, 0.2) is 30.4 Å². The van der Waals surface area contributed by atoms with E-state index >= 15 is 0 Å². The van der Waals surface area contributed by atoms with Crippen LogP contribution in [0.3, 0.4) is 0 Å². The lowest BCUT2D eigenvalue weighted by Crippen LogP contribution is -2.55. The van der Waals surface area contributed by atoms with E-state index in [2.05, 4.69) is 6.08 Å². The highest BCUT2D eigenvalue weighted by molar-refractivity contribution is 6.05. The molecule has 132 valence electrons. The molecule has 0 unspecified atom stereocenters. The monoisotopic (exact) mass is 342 g/mol. The van der Waals surface area contributed by atoms with E-state index in [0.29, 0.717) is 0 Å². The summed E-state index contributed by atoms with van der Waals surface area (Å²) in [6.45, 7) is 0. The lowest BCUT2D eigenvalue weighted by Gasteiger charge is -2.55. The molecule has 25 heavy (non-hydrogen) atoms. The summed E-state index contributed by atoms with van der Waals surface area (Å²) in [6, 6.07) is 5.59. The Kier molecular flexibility index (Phi) is 3.55. The Hall–Kier alpha value is -2.14. The molecule has 0 amide bonds. The van der Waals surface area contributed by atoms with Crippen molar-refractivity contribution in [3.63, 3.8) is 0 Å². The predicted octanol–water partition coefficient (Wildman–Crippen LogP) is 2.89. The maximum Gasteiger partial charge on any atom is 0.306 e. The lowest BCUT2D eigenvalue weighted by molar-refractivity contribution is -0.146. The van der Waals surface area contributed by atoms with Crippen molar-refractivity contribution in [1.29, 1.82) is 0 Å². The minimum atomic E-state index is -0.591. The van der Waals surface area contributed by atoms with Gasteiger partial charge in [-0.1, -0.05) is 12.2 Å².